The van der Waals surface area contributed by atoms with E-state index in [9.17, 15) is 4.79 Å². The number of hydrogen-bond donors (Lipinski definition) is 1. The maximum absolute atomic E-state index is 12.3. The number of alkyl halides is 1. The van der Waals surface area contributed by atoms with Crippen molar-refractivity contribution in [3.05, 3.63) is 35.9 Å². The van der Waals surface area contributed by atoms with Crippen LogP contribution in [0.15, 0.2) is 30.3 Å². The molecule has 1 atom stereocenters. The Bertz CT molecular complexity index is 385. The highest BCUT2D eigenvalue weighted by Crippen LogP contribution is 2.24. The first kappa shape index (κ1) is 14.6. The molecule has 3 heteroatoms. The zero-order chi connectivity index (χ0) is 13.5. The summed E-state index contributed by atoms with van der Waals surface area (Å²) in [4.78, 5) is 12.0. The monoisotopic (exact) mass is 323 g/mol. The number of hydrogen-bond acceptors (Lipinski definition) is 1. The molecule has 1 unspecified atom stereocenters. The van der Waals surface area contributed by atoms with Crippen LogP contribution in [0.5, 0.6) is 0 Å². The molecule has 0 radical (unpaired) electrons. The van der Waals surface area contributed by atoms with Crippen LogP contribution in [-0.2, 0) is 4.79 Å². The van der Waals surface area contributed by atoms with Gasteiger partial charge in [-0.15, -0.1) is 0 Å². The fourth-order valence-electron chi connectivity index (χ4n) is 2.65. The van der Waals surface area contributed by atoms with E-state index >= 15 is 0 Å². The van der Waals surface area contributed by atoms with Crippen LogP contribution in [0.3, 0.4) is 0 Å². The van der Waals surface area contributed by atoms with Crippen molar-refractivity contribution in [1.29, 1.82) is 0 Å². The predicted octanol–water partition coefficient (Wildman–Crippen LogP) is 4.35. The minimum Gasteiger partial charge on any atom is -0.352 e. The Morgan fingerprint density at radius 1 is 1.05 bits per heavy atom. The highest BCUT2D eigenvalue weighted by atomic mass is 79.9. The normalized spacial score (nSPS) is 19.2. The smallest absolute Gasteiger partial charge is 0.238 e. The van der Waals surface area contributed by atoms with E-state index in [1.54, 1.807) is 0 Å². The van der Waals surface area contributed by atoms with Crippen molar-refractivity contribution in [1.82, 2.24) is 5.32 Å². The summed E-state index contributed by atoms with van der Waals surface area (Å²) in [7, 11) is 0. The first-order chi connectivity index (χ1) is 9.27. The molecule has 104 valence electrons. The fraction of sp³-hybridized carbons (Fsp3) is 0.562. The van der Waals surface area contributed by atoms with Crippen molar-refractivity contribution in [2.24, 2.45) is 0 Å². The molecule has 0 saturated heterocycles. The molecule has 1 aromatic carbocycles. The van der Waals surface area contributed by atoms with Gasteiger partial charge in [-0.2, -0.15) is 0 Å². The number of nitrogens with one attached hydrogen (secondary N) is 1. The topological polar surface area (TPSA) is 29.1 Å². The highest BCUT2D eigenvalue weighted by molar-refractivity contribution is 9.09. The molecule has 0 heterocycles. The summed E-state index contributed by atoms with van der Waals surface area (Å²) in [6.45, 7) is 0. The Balaban J connectivity index is 1.88. The number of rotatable bonds is 3. The number of carbonyl (C=O) groups excluding carboxylic acids is 1. The van der Waals surface area contributed by atoms with Gasteiger partial charge in [0.15, 0.2) is 0 Å². The van der Waals surface area contributed by atoms with Crippen LogP contribution in [-0.4, -0.2) is 11.9 Å². The first-order valence-electron chi connectivity index (χ1n) is 7.27. The van der Waals surface area contributed by atoms with Gasteiger partial charge in [-0.05, 0) is 18.4 Å². The molecule has 19 heavy (non-hydrogen) atoms. The molecule has 0 aliphatic heterocycles. The van der Waals surface area contributed by atoms with Crippen LogP contribution in [0, 0.1) is 0 Å². The van der Waals surface area contributed by atoms with E-state index in [2.05, 4.69) is 21.2 Å². The number of carbonyl (C=O) groups is 1. The predicted molar refractivity (Wildman–Crippen MR) is 82.4 cm³/mol. The lowest BCUT2D eigenvalue weighted by molar-refractivity contribution is -0.121. The van der Waals surface area contributed by atoms with Crippen LogP contribution in [0.2, 0.25) is 0 Å². The lowest BCUT2D eigenvalue weighted by Gasteiger charge is -2.22. The van der Waals surface area contributed by atoms with E-state index < -0.39 is 0 Å². The Hall–Kier alpha value is -0.830. The summed E-state index contributed by atoms with van der Waals surface area (Å²) < 4.78 is 0. The molecule has 0 aromatic heterocycles. The second-order valence-corrected chi connectivity index (χ2v) is 6.24. The first-order valence-corrected chi connectivity index (χ1v) is 8.18. The Morgan fingerprint density at radius 2 is 1.63 bits per heavy atom. The van der Waals surface area contributed by atoms with Gasteiger partial charge in [0, 0.05) is 6.04 Å². The standard InChI is InChI=1S/C16H22BrNO/c17-15(13-9-5-4-6-10-13)16(19)18-14-11-7-2-1-3-8-12-14/h4-6,9-10,14-15H,1-3,7-8,11-12H2,(H,18,19). The number of halogens is 1. The Labute approximate surface area is 124 Å². The zero-order valence-corrected chi connectivity index (χ0v) is 12.9. The number of benzene rings is 1. The van der Waals surface area contributed by atoms with E-state index in [1.807, 2.05) is 30.3 Å². The van der Waals surface area contributed by atoms with Gasteiger partial charge in [-0.1, -0.05) is 78.4 Å². The largest absolute Gasteiger partial charge is 0.352 e. The minimum absolute atomic E-state index is 0.0942. The fourth-order valence-corrected chi connectivity index (χ4v) is 3.09. The van der Waals surface area contributed by atoms with Gasteiger partial charge < -0.3 is 5.32 Å². The van der Waals surface area contributed by atoms with Crippen molar-refractivity contribution >= 4 is 21.8 Å². The molecule has 2 nitrogen and oxygen atoms in total. The van der Waals surface area contributed by atoms with Crippen LogP contribution in [0.25, 0.3) is 0 Å². The quantitative estimate of drug-likeness (QED) is 0.823. The lowest BCUT2D eigenvalue weighted by atomic mass is 9.96. The van der Waals surface area contributed by atoms with Crippen molar-refractivity contribution in [3.63, 3.8) is 0 Å². The van der Waals surface area contributed by atoms with Gasteiger partial charge in [0.05, 0.1) is 0 Å². The van der Waals surface area contributed by atoms with E-state index in [1.165, 1.54) is 32.1 Å². The molecule has 1 N–H and O–H groups in total. The van der Waals surface area contributed by atoms with Gasteiger partial charge in [-0.25, -0.2) is 0 Å². The minimum atomic E-state index is -0.237. The maximum atomic E-state index is 12.3. The van der Waals surface area contributed by atoms with Crippen LogP contribution in [0.1, 0.15) is 55.3 Å². The summed E-state index contributed by atoms with van der Waals surface area (Å²) in [6.07, 6.45) is 8.70. The third-order valence-electron chi connectivity index (χ3n) is 3.77. The molecular formula is C16H22BrNO. The second-order valence-electron chi connectivity index (χ2n) is 5.32. The van der Waals surface area contributed by atoms with Gasteiger partial charge in [0.25, 0.3) is 0 Å². The zero-order valence-electron chi connectivity index (χ0n) is 11.3. The third-order valence-corrected chi connectivity index (χ3v) is 4.72. The second kappa shape index (κ2) is 7.68. The third kappa shape index (κ3) is 4.64. The number of amides is 1. The average molecular weight is 324 g/mol. The Morgan fingerprint density at radius 3 is 2.26 bits per heavy atom. The van der Waals surface area contributed by atoms with E-state index in [4.69, 9.17) is 0 Å². The summed E-state index contributed by atoms with van der Waals surface area (Å²) in [5, 5.41) is 3.20. The van der Waals surface area contributed by atoms with Crippen LogP contribution >= 0.6 is 15.9 Å². The van der Waals surface area contributed by atoms with E-state index in [0.717, 1.165) is 18.4 Å². The van der Waals surface area contributed by atoms with Crippen molar-refractivity contribution in [2.75, 3.05) is 0 Å². The summed E-state index contributed by atoms with van der Waals surface area (Å²) in [6, 6.07) is 10.2. The SMILES string of the molecule is O=C(NC1CCCCCCC1)C(Br)c1ccccc1. The van der Waals surface area contributed by atoms with Gasteiger partial charge in [0.2, 0.25) is 5.91 Å². The molecule has 0 bridgehead atoms. The average Bonchev–Trinajstić information content (AvgIpc) is 2.41. The molecule has 1 aliphatic rings. The van der Waals surface area contributed by atoms with Crippen LogP contribution in [0.4, 0.5) is 0 Å². The molecule has 1 fully saturated rings. The van der Waals surface area contributed by atoms with Crippen LogP contribution < -0.4 is 5.32 Å². The van der Waals surface area contributed by atoms with Crippen molar-refractivity contribution < 1.29 is 4.79 Å². The van der Waals surface area contributed by atoms with Crippen molar-refractivity contribution in [3.8, 4) is 0 Å². The summed E-state index contributed by atoms with van der Waals surface area (Å²) >= 11 is 3.50. The lowest BCUT2D eigenvalue weighted by Crippen LogP contribution is -2.37. The molecular weight excluding hydrogens is 302 g/mol. The molecule has 0 spiro atoms. The van der Waals surface area contributed by atoms with E-state index in [0.29, 0.717) is 6.04 Å². The molecule has 2 rings (SSSR count). The summed E-state index contributed by atoms with van der Waals surface area (Å²) in [5.74, 6) is 0.0942. The maximum Gasteiger partial charge on any atom is 0.238 e. The highest BCUT2D eigenvalue weighted by Gasteiger charge is 2.20. The Kier molecular flexibility index (Phi) is 5.90. The van der Waals surface area contributed by atoms with Gasteiger partial charge >= 0.3 is 0 Å². The molecule has 1 saturated carbocycles. The van der Waals surface area contributed by atoms with Crippen molar-refractivity contribution in [2.45, 2.75) is 55.8 Å². The van der Waals surface area contributed by atoms with E-state index in [-0.39, 0.29) is 10.7 Å². The van der Waals surface area contributed by atoms with Gasteiger partial charge in [0.1, 0.15) is 4.83 Å². The molecule has 1 amide bonds. The molecule has 1 aliphatic carbocycles. The summed E-state index contributed by atoms with van der Waals surface area (Å²) in [5.41, 5.74) is 1.02. The molecule has 1 aromatic rings. The van der Waals surface area contributed by atoms with Gasteiger partial charge in [-0.3, -0.25) is 4.79 Å².